The number of sulfone groups is 2. The molecule has 73 heavy (non-hydrogen) atoms. The number of alkyl halides is 6. The number of nitrogen functional groups attached to an aromatic ring is 1. The third-order valence-corrected chi connectivity index (χ3v) is 13.9. The van der Waals surface area contributed by atoms with E-state index in [2.05, 4.69) is 46.1 Å². The van der Waals surface area contributed by atoms with Crippen molar-refractivity contribution in [2.45, 2.75) is 59.7 Å². The monoisotopic (exact) mass is 1070 g/mol. The Bertz CT molecular complexity index is 3800. The molecule has 2 saturated carbocycles. The van der Waals surface area contributed by atoms with Gasteiger partial charge in [-0.3, -0.25) is 29.2 Å². The lowest BCUT2D eigenvalue weighted by molar-refractivity contribution is -0.141. The summed E-state index contributed by atoms with van der Waals surface area (Å²) in [7, 11) is -4.01. The highest BCUT2D eigenvalue weighted by Gasteiger charge is 2.34. The molecule has 18 nitrogen and oxygen atoms in total. The first-order chi connectivity index (χ1) is 34.1. The van der Waals surface area contributed by atoms with Crippen LogP contribution in [0.15, 0.2) is 104 Å². The van der Waals surface area contributed by atoms with E-state index in [9.17, 15) is 52.8 Å². The summed E-state index contributed by atoms with van der Waals surface area (Å²) in [6.45, 7) is 0. The van der Waals surface area contributed by atoms with Crippen molar-refractivity contribution < 1.29 is 43.2 Å². The Morgan fingerprint density at radius 3 is 1.48 bits per heavy atom. The van der Waals surface area contributed by atoms with Crippen molar-refractivity contribution in [1.82, 2.24) is 39.5 Å². The van der Waals surface area contributed by atoms with Crippen molar-refractivity contribution in [3.8, 4) is 0 Å². The number of aromatic nitrogens is 8. The van der Waals surface area contributed by atoms with E-state index in [1.54, 1.807) is 31.3 Å². The number of hydrogen-bond donors (Lipinski definition) is 6. The Labute approximate surface area is 415 Å². The second kappa shape index (κ2) is 19.5. The Morgan fingerprint density at radius 2 is 1.04 bits per heavy atom. The molecule has 2 aliphatic carbocycles. The maximum atomic E-state index is 13.1. The quantitative estimate of drug-likeness (QED) is 0.0552. The average molecular weight is 1070 g/mol. The van der Waals surface area contributed by atoms with Crippen LogP contribution >= 0.6 is 11.6 Å². The van der Waals surface area contributed by atoms with Crippen LogP contribution in [0.25, 0.3) is 22.1 Å². The zero-order chi connectivity index (χ0) is 52.9. The smallest absolute Gasteiger partial charge is 0.384 e. The normalized spacial score (nSPS) is 14.0. The van der Waals surface area contributed by atoms with Gasteiger partial charge in [0.1, 0.15) is 44.8 Å². The number of rotatable bonds is 10. The van der Waals surface area contributed by atoms with E-state index in [1.165, 1.54) is 59.1 Å². The number of nitrogens with zero attached hydrogens (tertiary/aromatic N) is 6. The molecule has 2 aromatic carbocycles. The van der Waals surface area contributed by atoms with Crippen molar-refractivity contribution >= 4 is 93.5 Å². The summed E-state index contributed by atoms with van der Waals surface area (Å²) >= 11 is 6.06. The topological polar surface area (TPSA) is 258 Å². The Kier molecular flexibility index (Phi) is 13.9. The van der Waals surface area contributed by atoms with Crippen molar-refractivity contribution in [2.75, 3.05) is 34.2 Å². The fraction of sp³-hybridized carbons (Fsp3) is 0.261. The van der Waals surface area contributed by atoms with Crippen molar-refractivity contribution in [3.63, 3.8) is 0 Å². The molecule has 2 fully saturated rings. The lowest BCUT2D eigenvalue weighted by Gasteiger charge is -2.15. The number of fused-ring (bicyclic) bond motifs is 2. The second-order valence-electron chi connectivity index (χ2n) is 17.3. The van der Waals surface area contributed by atoms with Crippen LogP contribution in [0.3, 0.4) is 0 Å². The number of hydrogen-bond acceptors (Lipinski definition) is 14. The van der Waals surface area contributed by atoms with Gasteiger partial charge in [0.15, 0.2) is 31.0 Å². The number of nitrogens with one attached hydrogen (secondary N) is 5. The van der Waals surface area contributed by atoms with E-state index < -0.39 is 49.0 Å². The van der Waals surface area contributed by atoms with E-state index in [1.807, 2.05) is 12.1 Å². The van der Waals surface area contributed by atoms with Crippen molar-refractivity contribution in [3.05, 3.63) is 133 Å². The first-order valence-corrected chi connectivity index (χ1v) is 26.0. The highest BCUT2D eigenvalue weighted by molar-refractivity contribution is 7.91. The molecule has 384 valence electrons. The van der Waals surface area contributed by atoms with Crippen LogP contribution in [0.2, 0.25) is 5.15 Å². The van der Waals surface area contributed by atoms with Crippen LogP contribution in [0.1, 0.15) is 60.0 Å². The highest BCUT2D eigenvalue weighted by atomic mass is 35.5. The molecule has 0 unspecified atom stereocenters. The molecule has 0 spiro atoms. The summed E-state index contributed by atoms with van der Waals surface area (Å²) in [5.74, 6) is 0.629. The third kappa shape index (κ3) is 12.1. The minimum atomic E-state index is -4.62. The van der Waals surface area contributed by atoms with Gasteiger partial charge in [-0.05, 0) is 103 Å². The summed E-state index contributed by atoms with van der Waals surface area (Å²) in [5, 5.41) is 15.1. The van der Waals surface area contributed by atoms with Crippen LogP contribution < -0.4 is 32.8 Å². The Hall–Kier alpha value is -7.45. The lowest BCUT2D eigenvalue weighted by Crippen LogP contribution is -2.12. The molecule has 8 aromatic rings. The van der Waals surface area contributed by atoms with E-state index in [0.29, 0.717) is 34.2 Å². The zero-order valence-electron chi connectivity index (χ0n) is 38.7. The predicted molar refractivity (Wildman–Crippen MR) is 263 cm³/mol. The van der Waals surface area contributed by atoms with Gasteiger partial charge < -0.3 is 21.7 Å². The van der Waals surface area contributed by atoms with Gasteiger partial charge in [0.05, 0.1) is 32.5 Å². The van der Waals surface area contributed by atoms with Gasteiger partial charge in [0.2, 0.25) is 0 Å². The number of H-pyrrole nitrogens is 2. The largest absolute Gasteiger partial charge is 0.433 e. The summed E-state index contributed by atoms with van der Waals surface area (Å²) in [4.78, 5) is 40.5. The standard InChI is InChI=1S/C23H21F3N6O3S.C17H17ClN4O3S.C6H5F3N2/c1-32-22(33)20-15(27-14-9-8-13(12-6-7-12)10-16(14)36(2,34)35)11-19(30-21(20)31-32)29-18-5-3-4-17(28-18)23(24,25)26;1-22-17(23)15-12(8-14(18)20-16(15)21-22)19-11-6-5-10(9-3-4-9)7-13(11)26(2,24)25;7-6(8,9)4-2-1-3-5(10)11-4/h3-5,8-12H,6-7H2,1-2H3,(H3,27,28,29,30,31);5-9H,3-4H2,1-2H3,(H2,19,20,21);1-3H,(H2,10,11). The predicted octanol–water partition coefficient (Wildman–Crippen LogP) is 9.07. The molecule has 2 aliphatic rings. The molecule has 0 amide bonds. The molecule has 6 aromatic heterocycles. The van der Waals surface area contributed by atoms with Gasteiger partial charge in [-0.2, -0.15) is 26.3 Å². The summed E-state index contributed by atoms with van der Waals surface area (Å²) < 4.78 is 127. The van der Waals surface area contributed by atoms with Crippen LogP contribution in [0, 0.1) is 0 Å². The second-order valence-corrected chi connectivity index (χ2v) is 21.6. The van der Waals surface area contributed by atoms with Crippen LogP contribution in [0.5, 0.6) is 0 Å². The van der Waals surface area contributed by atoms with Crippen LogP contribution in [-0.4, -0.2) is 68.8 Å². The van der Waals surface area contributed by atoms with E-state index in [-0.39, 0.29) is 60.4 Å². The van der Waals surface area contributed by atoms with Gasteiger partial charge in [-0.1, -0.05) is 35.9 Å². The number of halogens is 7. The molecule has 10 rings (SSSR count). The van der Waals surface area contributed by atoms with Gasteiger partial charge >= 0.3 is 12.4 Å². The number of nitrogens with two attached hydrogens (primary N) is 1. The molecule has 0 aliphatic heterocycles. The lowest BCUT2D eigenvalue weighted by atomic mass is 10.1. The van der Waals surface area contributed by atoms with Gasteiger partial charge in [0.25, 0.3) is 11.1 Å². The summed E-state index contributed by atoms with van der Waals surface area (Å²) in [5.41, 5.74) is 6.05. The first-order valence-electron chi connectivity index (χ1n) is 21.8. The fourth-order valence-electron chi connectivity index (χ4n) is 7.60. The minimum Gasteiger partial charge on any atom is -0.384 e. The third-order valence-electron chi connectivity index (χ3n) is 11.4. The number of aryl methyl sites for hydroxylation is 2. The number of benzene rings is 2. The number of aromatic amines is 2. The number of pyridine rings is 4. The molecule has 0 radical (unpaired) electrons. The Morgan fingerprint density at radius 1 is 0.589 bits per heavy atom. The molecular formula is C46H43ClF6N12O6S2. The van der Waals surface area contributed by atoms with Crippen LogP contribution in [-0.2, 0) is 46.1 Å². The van der Waals surface area contributed by atoms with Gasteiger partial charge in [-0.15, -0.1) is 0 Å². The number of anilines is 7. The van der Waals surface area contributed by atoms with E-state index in [4.69, 9.17) is 17.3 Å². The summed E-state index contributed by atoms with van der Waals surface area (Å²) in [6.07, 6.45) is -2.59. The summed E-state index contributed by atoms with van der Waals surface area (Å²) in [6, 6.07) is 20.2. The molecule has 0 bridgehead atoms. The Balaban J connectivity index is 0.000000167. The molecule has 27 heteroatoms. The van der Waals surface area contributed by atoms with Crippen LogP contribution in [0.4, 0.5) is 66.5 Å². The molecule has 6 heterocycles. The van der Waals surface area contributed by atoms with E-state index in [0.717, 1.165) is 55.2 Å². The van der Waals surface area contributed by atoms with E-state index >= 15 is 0 Å². The molecule has 7 N–H and O–H groups in total. The van der Waals surface area contributed by atoms with Gasteiger partial charge in [0, 0.05) is 32.7 Å². The molecule has 0 saturated heterocycles. The van der Waals surface area contributed by atoms with Crippen molar-refractivity contribution in [2.24, 2.45) is 14.1 Å². The maximum Gasteiger partial charge on any atom is 0.433 e. The first kappa shape index (κ1) is 51.9. The van der Waals surface area contributed by atoms with Crippen molar-refractivity contribution in [1.29, 1.82) is 0 Å². The van der Waals surface area contributed by atoms with Gasteiger partial charge in [-0.25, -0.2) is 36.8 Å². The zero-order valence-corrected chi connectivity index (χ0v) is 41.1. The maximum absolute atomic E-state index is 13.1. The fourth-order valence-corrected chi connectivity index (χ4v) is 9.53. The molecule has 0 atom stereocenters. The SMILES string of the molecule is Cn1[nH]c2nc(Cl)cc(Nc3ccc(C4CC4)cc3S(C)(=O)=O)c2c1=O.Cn1[nH]c2nc(Nc3cccc(C(F)(F)F)n3)cc(Nc3ccc(C4CC4)cc3S(C)(=O)=O)c2c1=O.Nc1cccc(C(F)(F)F)n1. The highest BCUT2D eigenvalue weighted by Crippen LogP contribution is 2.44. The molecular weight excluding hydrogens is 1030 g/mol. The average Bonchev–Trinajstić information content (AvgIpc) is 4.24. The minimum absolute atomic E-state index is 0.0817.